The van der Waals surface area contributed by atoms with E-state index in [9.17, 15) is 4.79 Å². The summed E-state index contributed by atoms with van der Waals surface area (Å²) in [5.41, 5.74) is 1.44. The molecule has 1 aromatic carbocycles. The van der Waals surface area contributed by atoms with Crippen molar-refractivity contribution in [3.8, 4) is 0 Å². The van der Waals surface area contributed by atoms with E-state index in [4.69, 9.17) is 4.52 Å². The van der Waals surface area contributed by atoms with E-state index in [1.807, 2.05) is 46.1 Å². The molecule has 118 valence electrons. The van der Waals surface area contributed by atoms with Crippen LogP contribution < -0.4 is 0 Å². The van der Waals surface area contributed by atoms with Crippen molar-refractivity contribution in [2.24, 2.45) is 0 Å². The summed E-state index contributed by atoms with van der Waals surface area (Å²) in [6.45, 7) is 1.50. The number of nitrogens with zero attached hydrogens (tertiary/aromatic N) is 4. The van der Waals surface area contributed by atoms with Crippen LogP contribution in [0.1, 0.15) is 24.6 Å². The van der Waals surface area contributed by atoms with E-state index in [2.05, 4.69) is 10.3 Å². The number of carbonyl (C=O) groups is 1. The summed E-state index contributed by atoms with van der Waals surface area (Å²) in [5, 5.41) is 9.28. The zero-order chi connectivity index (χ0) is 15.6. The summed E-state index contributed by atoms with van der Waals surface area (Å²) < 4.78 is 7.23. The first kappa shape index (κ1) is 14.0. The second-order valence-corrected chi connectivity index (χ2v) is 5.92. The van der Waals surface area contributed by atoms with Gasteiger partial charge in [0.1, 0.15) is 5.69 Å². The lowest BCUT2D eigenvalue weighted by Crippen LogP contribution is -2.41. The molecule has 6 heteroatoms. The Hall–Kier alpha value is -2.63. The van der Waals surface area contributed by atoms with Gasteiger partial charge in [-0.25, -0.2) is 0 Å². The van der Waals surface area contributed by atoms with Crippen molar-refractivity contribution in [3.05, 3.63) is 48.4 Å². The van der Waals surface area contributed by atoms with Crippen molar-refractivity contribution in [1.82, 2.24) is 19.8 Å². The number of carbonyl (C=O) groups excluding carboxylic acids is 1. The summed E-state index contributed by atoms with van der Waals surface area (Å²) >= 11 is 0. The van der Waals surface area contributed by atoms with Crippen LogP contribution >= 0.6 is 0 Å². The highest BCUT2D eigenvalue weighted by Crippen LogP contribution is 2.23. The average molecular weight is 310 g/mol. The summed E-state index contributed by atoms with van der Waals surface area (Å²) in [6, 6.07) is 9.82. The Morgan fingerprint density at radius 3 is 3.09 bits per heavy atom. The van der Waals surface area contributed by atoms with Gasteiger partial charge in [-0.05, 0) is 31.0 Å². The lowest BCUT2D eigenvalue weighted by Gasteiger charge is -2.32. The molecule has 3 heterocycles. The zero-order valence-corrected chi connectivity index (χ0v) is 12.8. The molecule has 1 amide bonds. The van der Waals surface area contributed by atoms with Gasteiger partial charge < -0.3 is 9.42 Å². The minimum absolute atomic E-state index is 0.0981. The van der Waals surface area contributed by atoms with Crippen LogP contribution in [0.25, 0.3) is 11.0 Å². The molecular formula is C17H18N4O2. The van der Waals surface area contributed by atoms with E-state index < -0.39 is 0 Å². The molecule has 1 unspecified atom stereocenters. The predicted molar refractivity (Wildman–Crippen MR) is 84.8 cm³/mol. The second-order valence-electron chi connectivity index (χ2n) is 5.92. The van der Waals surface area contributed by atoms with E-state index in [0.29, 0.717) is 12.2 Å². The van der Waals surface area contributed by atoms with Gasteiger partial charge in [-0.3, -0.25) is 9.48 Å². The molecule has 1 aliphatic heterocycles. The van der Waals surface area contributed by atoms with E-state index in [1.54, 1.807) is 6.20 Å². The quantitative estimate of drug-likeness (QED) is 0.745. The number of fused-ring (bicyclic) bond motifs is 1. The number of hydrogen-bond acceptors (Lipinski definition) is 4. The van der Waals surface area contributed by atoms with Gasteiger partial charge in [0.15, 0.2) is 5.58 Å². The normalized spacial score (nSPS) is 18.4. The second kappa shape index (κ2) is 5.87. The Kier molecular flexibility index (Phi) is 3.57. The van der Waals surface area contributed by atoms with Gasteiger partial charge in [0, 0.05) is 30.9 Å². The van der Waals surface area contributed by atoms with Crippen LogP contribution in [0, 0.1) is 0 Å². The molecule has 0 bridgehead atoms. The van der Waals surface area contributed by atoms with Gasteiger partial charge in [-0.15, -0.1) is 0 Å². The number of piperidine rings is 1. The molecule has 1 saturated heterocycles. The van der Waals surface area contributed by atoms with Crippen molar-refractivity contribution in [3.63, 3.8) is 0 Å². The smallest absolute Gasteiger partial charge is 0.228 e. The molecule has 6 nitrogen and oxygen atoms in total. The van der Waals surface area contributed by atoms with Crippen LogP contribution in [0.4, 0.5) is 0 Å². The number of hydrogen-bond donors (Lipinski definition) is 0. The van der Waals surface area contributed by atoms with Gasteiger partial charge in [0.05, 0.1) is 12.5 Å². The Balaban J connectivity index is 1.48. The first-order chi connectivity index (χ1) is 11.3. The van der Waals surface area contributed by atoms with E-state index in [1.165, 1.54) is 0 Å². The van der Waals surface area contributed by atoms with Crippen LogP contribution in [-0.4, -0.2) is 38.8 Å². The Labute approximate surface area is 133 Å². The third-order valence-electron chi connectivity index (χ3n) is 4.42. The Morgan fingerprint density at radius 1 is 1.30 bits per heavy atom. The highest BCUT2D eigenvalue weighted by Gasteiger charge is 2.26. The van der Waals surface area contributed by atoms with Crippen molar-refractivity contribution in [2.45, 2.75) is 25.3 Å². The zero-order valence-electron chi connectivity index (χ0n) is 12.8. The molecule has 3 aromatic rings. The molecule has 1 atom stereocenters. The van der Waals surface area contributed by atoms with Crippen LogP contribution in [-0.2, 0) is 11.2 Å². The van der Waals surface area contributed by atoms with Gasteiger partial charge >= 0.3 is 0 Å². The van der Waals surface area contributed by atoms with Gasteiger partial charge in [-0.1, -0.05) is 17.3 Å². The first-order valence-corrected chi connectivity index (χ1v) is 7.91. The molecular weight excluding hydrogens is 292 g/mol. The largest absolute Gasteiger partial charge is 0.356 e. The summed E-state index contributed by atoms with van der Waals surface area (Å²) in [5.74, 6) is 0.0981. The minimum Gasteiger partial charge on any atom is -0.356 e. The predicted octanol–water partition coefficient (Wildman–Crippen LogP) is 2.43. The first-order valence-electron chi connectivity index (χ1n) is 7.91. The Bertz CT molecular complexity index is 809. The molecule has 1 aliphatic rings. The van der Waals surface area contributed by atoms with Crippen molar-refractivity contribution in [2.75, 3.05) is 13.1 Å². The fourth-order valence-corrected chi connectivity index (χ4v) is 3.21. The van der Waals surface area contributed by atoms with E-state index in [0.717, 1.165) is 30.4 Å². The number of para-hydroxylation sites is 1. The molecule has 23 heavy (non-hydrogen) atoms. The maximum Gasteiger partial charge on any atom is 0.228 e. The molecule has 2 aromatic heterocycles. The van der Waals surface area contributed by atoms with Crippen LogP contribution in [0.5, 0.6) is 0 Å². The molecule has 0 N–H and O–H groups in total. The van der Waals surface area contributed by atoms with E-state index >= 15 is 0 Å². The lowest BCUT2D eigenvalue weighted by molar-refractivity contribution is -0.132. The monoisotopic (exact) mass is 310 g/mol. The van der Waals surface area contributed by atoms with Crippen molar-refractivity contribution in [1.29, 1.82) is 0 Å². The van der Waals surface area contributed by atoms with Gasteiger partial charge in [0.2, 0.25) is 5.91 Å². The van der Waals surface area contributed by atoms with Crippen LogP contribution in [0.2, 0.25) is 0 Å². The van der Waals surface area contributed by atoms with Gasteiger partial charge in [-0.2, -0.15) is 5.10 Å². The SMILES string of the molecule is O=C(Cc1noc2ccccc12)N1CCCC(n2cccn2)C1. The number of benzene rings is 1. The number of rotatable bonds is 3. The van der Waals surface area contributed by atoms with Crippen LogP contribution in [0.3, 0.4) is 0 Å². The highest BCUT2D eigenvalue weighted by atomic mass is 16.5. The highest BCUT2D eigenvalue weighted by molar-refractivity contribution is 5.86. The summed E-state index contributed by atoms with van der Waals surface area (Å²) in [4.78, 5) is 14.6. The average Bonchev–Trinajstić information content (AvgIpc) is 3.25. The fourth-order valence-electron chi connectivity index (χ4n) is 3.21. The number of amides is 1. The minimum atomic E-state index is 0.0981. The standard InChI is InChI=1S/C17H18N4O2/c22-17(11-15-14-6-1-2-7-16(14)23-19-15)20-9-3-5-13(12-20)21-10-4-8-18-21/h1-2,4,6-8,10,13H,3,5,9,11-12H2. The molecule has 0 radical (unpaired) electrons. The maximum atomic E-state index is 12.6. The van der Waals surface area contributed by atoms with Crippen molar-refractivity contribution >= 4 is 16.9 Å². The molecule has 0 aliphatic carbocycles. The number of aromatic nitrogens is 3. The van der Waals surface area contributed by atoms with E-state index in [-0.39, 0.29) is 18.4 Å². The van der Waals surface area contributed by atoms with Crippen LogP contribution in [0.15, 0.2) is 47.2 Å². The molecule has 1 fully saturated rings. The fraction of sp³-hybridized carbons (Fsp3) is 0.353. The Morgan fingerprint density at radius 2 is 2.22 bits per heavy atom. The molecule has 0 spiro atoms. The molecule has 4 rings (SSSR count). The third kappa shape index (κ3) is 2.72. The van der Waals surface area contributed by atoms with Crippen molar-refractivity contribution < 1.29 is 9.32 Å². The topological polar surface area (TPSA) is 64.2 Å². The summed E-state index contributed by atoms with van der Waals surface area (Å²) in [6.07, 6.45) is 6.07. The number of likely N-dealkylation sites (tertiary alicyclic amines) is 1. The third-order valence-corrected chi connectivity index (χ3v) is 4.42. The molecule has 0 saturated carbocycles. The maximum absolute atomic E-state index is 12.6. The lowest BCUT2D eigenvalue weighted by atomic mass is 10.0. The van der Waals surface area contributed by atoms with Gasteiger partial charge in [0.25, 0.3) is 0 Å². The summed E-state index contributed by atoms with van der Waals surface area (Å²) in [7, 11) is 0.